The molecule has 0 aromatic carbocycles. The highest BCUT2D eigenvalue weighted by Crippen LogP contribution is 2.19. The predicted octanol–water partition coefficient (Wildman–Crippen LogP) is 0.906. The van der Waals surface area contributed by atoms with Crippen LogP contribution in [0.3, 0.4) is 0 Å². The van der Waals surface area contributed by atoms with Crippen molar-refractivity contribution in [3.63, 3.8) is 0 Å². The maximum Gasteiger partial charge on any atom is 0.390 e. The Morgan fingerprint density at radius 2 is 2.22 bits per heavy atom. The fourth-order valence-corrected chi connectivity index (χ4v) is 1.18. The first-order valence-corrected chi connectivity index (χ1v) is 5.05. The Hall–Kier alpha value is -1.64. The van der Waals surface area contributed by atoms with Crippen LogP contribution in [0.25, 0.3) is 0 Å². The maximum atomic E-state index is 12.0. The molecule has 0 fully saturated rings. The van der Waals surface area contributed by atoms with Crippen LogP contribution in [0.4, 0.5) is 13.2 Å². The Morgan fingerprint density at radius 1 is 1.56 bits per heavy atom. The van der Waals surface area contributed by atoms with Gasteiger partial charge in [-0.1, -0.05) is 0 Å². The molecule has 6 nitrogen and oxygen atoms in total. The SMILES string of the molecule is COC(=O)c1ncn(CN(C)CCC(F)(F)F)n1. The van der Waals surface area contributed by atoms with Gasteiger partial charge in [-0.2, -0.15) is 13.2 Å². The van der Waals surface area contributed by atoms with Gasteiger partial charge in [0.2, 0.25) is 0 Å². The van der Waals surface area contributed by atoms with Crippen molar-refractivity contribution >= 4 is 5.97 Å². The lowest BCUT2D eigenvalue weighted by atomic mass is 10.4. The van der Waals surface area contributed by atoms with Gasteiger partial charge >= 0.3 is 12.1 Å². The second-order valence-corrected chi connectivity index (χ2v) is 3.69. The van der Waals surface area contributed by atoms with Gasteiger partial charge in [0, 0.05) is 6.54 Å². The van der Waals surface area contributed by atoms with Crippen molar-refractivity contribution in [1.82, 2.24) is 19.7 Å². The number of esters is 1. The summed E-state index contributed by atoms with van der Waals surface area (Å²) in [5.41, 5.74) is 0. The molecule has 0 spiro atoms. The summed E-state index contributed by atoms with van der Waals surface area (Å²) < 4.78 is 41.6. The van der Waals surface area contributed by atoms with Crippen molar-refractivity contribution in [1.29, 1.82) is 0 Å². The van der Waals surface area contributed by atoms with E-state index in [4.69, 9.17) is 0 Å². The summed E-state index contributed by atoms with van der Waals surface area (Å²) in [6.45, 7) is -0.0447. The minimum Gasteiger partial charge on any atom is -0.463 e. The summed E-state index contributed by atoms with van der Waals surface area (Å²) in [4.78, 5) is 16.1. The minimum atomic E-state index is -4.19. The van der Waals surface area contributed by atoms with Crippen molar-refractivity contribution in [2.45, 2.75) is 19.3 Å². The van der Waals surface area contributed by atoms with Gasteiger partial charge in [-0.25, -0.2) is 14.5 Å². The molecular weight excluding hydrogens is 253 g/mol. The molecule has 9 heteroatoms. The number of rotatable bonds is 5. The Labute approximate surface area is 101 Å². The number of alkyl halides is 3. The summed E-state index contributed by atoms with van der Waals surface area (Å²) in [5, 5.41) is 3.77. The normalized spacial score (nSPS) is 11.9. The van der Waals surface area contributed by atoms with E-state index in [0.717, 1.165) is 0 Å². The fraction of sp³-hybridized carbons (Fsp3) is 0.667. The smallest absolute Gasteiger partial charge is 0.390 e. The van der Waals surface area contributed by atoms with Crippen LogP contribution in [0.5, 0.6) is 0 Å². The van der Waals surface area contributed by atoms with Crippen LogP contribution in [0.1, 0.15) is 17.0 Å². The Balaban J connectivity index is 2.47. The second-order valence-electron chi connectivity index (χ2n) is 3.69. The van der Waals surface area contributed by atoms with E-state index < -0.39 is 18.6 Å². The Kier molecular flexibility index (Phi) is 4.65. The molecule has 1 heterocycles. The molecule has 1 aromatic heterocycles. The van der Waals surface area contributed by atoms with E-state index in [9.17, 15) is 18.0 Å². The number of ether oxygens (including phenoxy) is 1. The zero-order chi connectivity index (χ0) is 13.8. The second kappa shape index (κ2) is 5.80. The zero-order valence-electron chi connectivity index (χ0n) is 9.94. The van der Waals surface area contributed by atoms with E-state index in [1.165, 1.54) is 30.1 Å². The average molecular weight is 266 g/mol. The van der Waals surface area contributed by atoms with E-state index in [2.05, 4.69) is 14.8 Å². The van der Waals surface area contributed by atoms with Gasteiger partial charge in [0.1, 0.15) is 6.33 Å². The molecule has 1 rings (SSSR count). The van der Waals surface area contributed by atoms with E-state index in [0.29, 0.717) is 0 Å². The lowest BCUT2D eigenvalue weighted by Gasteiger charge is -2.16. The molecule has 18 heavy (non-hydrogen) atoms. The first kappa shape index (κ1) is 14.4. The van der Waals surface area contributed by atoms with Crippen LogP contribution in [0.15, 0.2) is 6.33 Å². The van der Waals surface area contributed by atoms with E-state index in [1.54, 1.807) is 0 Å². The number of carbonyl (C=O) groups excluding carboxylic acids is 1. The third-order valence-corrected chi connectivity index (χ3v) is 2.07. The number of hydrogen-bond acceptors (Lipinski definition) is 5. The monoisotopic (exact) mass is 266 g/mol. The molecular formula is C9H13F3N4O2. The average Bonchev–Trinajstić information content (AvgIpc) is 2.73. The number of nitrogens with zero attached hydrogens (tertiary/aromatic N) is 4. The van der Waals surface area contributed by atoms with Gasteiger partial charge in [0.15, 0.2) is 0 Å². The van der Waals surface area contributed by atoms with E-state index in [1.807, 2.05) is 0 Å². The molecule has 0 aliphatic carbocycles. The lowest BCUT2D eigenvalue weighted by Crippen LogP contribution is -2.27. The molecule has 0 bridgehead atoms. The van der Waals surface area contributed by atoms with Gasteiger partial charge in [-0.15, -0.1) is 5.10 Å². The summed E-state index contributed by atoms with van der Waals surface area (Å²) in [5.74, 6) is -0.812. The highest BCUT2D eigenvalue weighted by molar-refractivity contribution is 5.84. The van der Waals surface area contributed by atoms with Gasteiger partial charge in [0.25, 0.3) is 5.82 Å². The first-order chi connectivity index (χ1) is 8.31. The van der Waals surface area contributed by atoms with Crippen LogP contribution in [-0.2, 0) is 11.4 Å². The molecule has 0 amide bonds. The van der Waals surface area contributed by atoms with E-state index >= 15 is 0 Å². The van der Waals surface area contributed by atoms with Crippen LogP contribution >= 0.6 is 0 Å². The molecule has 0 unspecified atom stereocenters. The summed E-state index contributed by atoms with van der Waals surface area (Å²) in [6.07, 6.45) is -3.83. The van der Waals surface area contributed by atoms with E-state index in [-0.39, 0.29) is 19.0 Å². The third-order valence-electron chi connectivity index (χ3n) is 2.07. The topological polar surface area (TPSA) is 60.2 Å². The highest BCUT2D eigenvalue weighted by atomic mass is 19.4. The molecule has 0 aliphatic rings. The molecule has 0 aliphatic heterocycles. The summed E-state index contributed by atoms with van der Waals surface area (Å²) in [6, 6.07) is 0. The van der Waals surface area contributed by atoms with Crippen molar-refractivity contribution in [2.24, 2.45) is 0 Å². The molecule has 1 aromatic rings. The van der Waals surface area contributed by atoms with Crippen LogP contribution in [0, 0.1) is 0 Å². The molecule has 0 radical (unpaired) electrons. The van der Waals surface area contributed by atoms with Gasteiger partial charge in [0.05, 0.1) is 20.2 Å². The maximum absolute atomic E-state index is 12.0. The van der Waals surface area contributed by atoms with Gasteiger partial charge < -0.3 is 4.74 Å². The first-order valence-electron chi connectivity index (χ1n) is 5.05. The molecule has 102 valence electrons. The number of halogens is 3. The fourth-order valence-electron chi connectivity index (χ4n) is 1.18. The number of aromatic nitrogens is 3. The zero-order valence-corrected chi connectivity index (χ0v) is 9.94. The molecule has 0 atom stereocenters. The lowest BCUT2D eigenvalue weighted by molar-refractivity contribution is -0.138. The van der Waals surface area contributed by atoms with Crippen LogP contribution in [-0.4, -0.2) is 52.5 Å². The Bertz CT molecular complexity index is 405. The van der Waals surface area contributed by atoms with Crippen LogP contribution in [0.2, 0.25) is 0 Å². The number of methoxy groups -OCH3 is 1. The molecule has 0 saturated carbocycles. The third kappa shape index (κ3) is 4.70. The highest BCUT2D eigenvalue weighted by Gasteiger charge is 2.27. The standard InChI is InChI=1S/C9H13F3N4O2/c1-15(4-3-9(10,11)12)6-16-5-13-7(14-16)8(17)18-2/h5H,3-4,6H2,1-2H3. The van der Waals surface area contributed by atoms with Crippen molar-refractivity contribution in [3.8, 4) is 0 Å². The van der Waals surface area contributed by atoms with Crippen LogP contribution < -0.4 is 0 Å². The molecule has 0 N–H and O–H groups in total. The number of hydrogen-bond donors (Lipinski definition) is 0. The number of carbonyl (C=O) groups is 1. The van der Waals surface area contributed by atoms with Crippen molar-refractivity contribution in [3.05, 3.63) is 12.2 Å². The Morgan fingerprint density at radius 3 is 2.78 bits per heavy atom. The minimum absolute atomic E-state index is 0.111. The van der Waals surface area contributed by atoms with Crippen molar-refractivity contribution in [2.75, 3.05) is 20.7 Å². The summed E-state index contributed by atoms with van der Waals surface area (Å²) >= 11 is 0. The summed E-state index contributed by atoms with van der Waals surface area (Å²) in [7, 11) is 2.71. The quantitative estimate of drug-likeness (QED) is 0.741. The van der Waals surface area contributed by atoms with Gasteiger partial charge in [-0.05, 0) is 7.05 Å². The largest absolute Gasteiger partial charge is 0.463 e. The van der Waals surface area contributed by atoms with Gasteiger partial charge in [-0.3, -0.25) is 4.90 Å². The predicted molar refractivity (Wildman–Crippen MR) is 54.7 cm³/mol. The van der Waals surface area contributed by atoms with Crippen molar-refractivity contribution < 1.29 is 22.7 Å². The molecule has 0 saturated heterocycles.